The maximum Gasteiger partial charge on any atom is 1.00 e. The molecular weight excluding hydrogens is 346 g/mol. The van der Waals surface area contributed by atoms with Crippen LogP contribution in [0, 0.1) is 0 Å². The minimum atomic E-state index is -5.17. The van der Waals surface area contributed by atoms with Gasteiger partial charge in [-0.1, -0.05) is 75.1 Å². The van der Waals surface area contributed by atoms with Crippen LogP contribution >= 0.6 is 0 Å². The smallest absolute Gasteiger partial charge is 0.759 e. The summed E-state index contributed by atoms with van der Waals surface area (Å²) in [7, 11) is -5.17. The normalized spacial score (nSPS) is 10.1. The van der Waals surface area contributed by atoms with Crippen LogP contribution in [-0.4, -0.2) is 17.5 Å². The molecule has 0 radical (unpaired) electrons. The van der Waals surface area contributed by atoms with Gasteiger partial charge in [-0.15, -0.1) is 0 Å². The summed E-state index contributed by atoms with van der Waals surface area (Å²) in [5.74, 6) is 0. The fourth-order valence-electron chi connectivity index (χ4n) is 2.43. The van der Waals surface area contributed by atoms with Gasteiger partial charge in [0.25, 0.3) is 0 Å². The summed E-state index contributed by atoms with van der Waals surface area (Å²) in [6, 6.07) is 15.4. The number of unbranched alkanes of at least 4 members (excludes halogenated alkanes) is 4. The average molecular weight is 368 g/mol. The van der Waals surface area contributed by atoms with Crippen LogP contribution in [0.3, 0.4) is 0 Å². The van der Waals surface area contributed by atoms with E-state index in [1.165, 1.54) is 54.9 Å². The minimum absolute atomic E-state index is 0. The monoisotopic (exact) mass is 368 g/mol. The Kier molecular flexibility index (Phi) is 16.4. The van der Waals surface area contributed by atoms with E-state index in [4.69, 9.17) is 17.5 Å². The van der Waals surface area contributed by atoms with Gasteiger partial charge in [0.1, 0.15) is 0 Å². The summed E-state index contributed by atoms with van der Waals surface area (Å²) >= 11 is 0. The largest absolute Gasteiger partial charge is 1.00 e. The van der Waals surface area contributed by atoms with E-state index in [1.54, 1.807) is 0 Å². The molecule has 122 valence electrons. The van der Waals surface area contributed by atoms with Crippen molar-refractivity contribution >= 4 is 21.2 Å². The van der Waals surface area contributed by atoms with Crippen LogP contribution in [0.1, 0.15) is 44.6 Å². The predicted molar refractivity (Wildman–Crippen MR) is 86.9 cm³/mol. The maximum absolute atomic E-state index is 8.52. The SMILES string of the molecule is CCCCCCCc1cccc2ccccc12.O=S(=O)([O-])[O-].[Na+].[Na+]. The van der Waals surface area contributed by atoms with Gasteiger partial charge in [0, 0.05) is 10.4 Å². The van der Waals surface area contributed by atoms with Crippen LogP contribution in [0.15, 0.2) is 42.5 Å². The molecule has 0 aliphatic heterocycles. The summed E-state index contributed by atoms with van der Waals surface area (Å²) in [6.45, 7) is 2.27. The quantitative estimate of drug-likeness (QED) is 0.256. The molecule has 0 heterocycles. The molecule has 0 spiro atoms. The Labute approximate surface area is 189 Å². The zero-order chi connectivity index (χ0) is 16.4. The van der Waals surface area contributed by atoms with Gasteiger partial charge >= 0.3 is 59.1 Å². The molecule has 4 nitrogen and oxygen atoms in total. The molecule has 2 aromatic carbocycles. The van der Waals surface area contributed by atoms with E-state index in [2.05, 4.69) is 49.4 Å². The average Bonchev–Trinajstić information content (AvgIpc) is 2.45. The number of aryl methyl sites for hydroxylation is 1. The van der Waals surface area contributed by atoms with Crippen molar-refractivity contribution in [2.24, 2.45) is 0 Å². The van der Waals surface area contributed by atoms with Crippen molar-refractivity contribution in [1.29, 1.82) is 0 Å². The Bertz CT molecular complexity index is 662. The van der Waals surface area contributed by atoms with Crippen LogP contribution < -0.4 is 59.1 Å². The summed E-state index contributed by atoms with van der Waals surface area (Å²) in [4.78, 5) is 0. The zero-order valence-corrected chi connectivity index (χ0v) is 19.6. The zero-order valence-electron chi connectivity index (χ0n) is 14.8. The second kappa shape index (κ2) is 14.7. The molecule has 2 rings (SSSR count). The Morgan fingerprint density at radius 3 is 2.00 bits per heavy atom. The number of benzene rings is 2. The first-order valence-corrected chi connectivity index (χ1v) is 8.88. The van der Waals surface area contributed by atoms with Crippen molar-refractivity contribution in [1.82, 2.24) is 0 Å². The molecule has 0 bridgehead atoms. The van der Waals surface area contributed by atoms with E-state index >= 15 is 0 Å². The first-order chi connectivity index (χ1) is 10.4. The molecule has 0 aliphatic rings. The van der Waals surface area contributed by atoms with Gasteiger partial charge in [-0.2, -0.15) is 0 Å². The second-order valence-electron chi connectivity index (χ2n) is 5.21. The Morgan fingerprint density at radius 1 is 0.833 bits per heavy atom. The van der Waals surface area contributed by atoms with Crippen LogP contribution in [0.25, 0.3) is 10.8 Å². The van der Waals surface area contributed by atoms with Crippen LogP contribution in [0.2, 0.25) is 0 Å². The molecule has 0 saturated carbocycles. The van der Waals surface area contributed by atoms with E-state index in [1.807, 2.05) is 0 Å². The van der Waals surface area contributed by atoms with E-state index in [-0.39, 0.29) is 59.1 Å². The molecular formula is C17H22Na2O4S. The molecule has 0 amide bonds. The molecule has 0 aromatic heterocycles. The summed E-state index contributed by atoms with van der Waals surface area (Å²) in [6.07, 6.45) is 8.03. The fourth-order valence-corrected chi connectivity index (χ4v) is 2.43. The van der Waals surface area contributed by atoms with E-state index in [0.717, 1.165) is 0 Å². The predicted octanol–water partition coefficient (Wildman–Crippen LogP) is -1.98. The van der Waals surface area contributed by atoms with Gasteiger partial charge in [-0.25, -0.2) is 0 Å². The van der Waals surface area contributed by atoms with Crippen LogP contribution in [-0.2, 0) is 16.8 Å². The number of hydrogen-bond donors (Lipinski definition) is 0. The number of hydrogen-bond acceptors (Lipinski definition) is 4. The van der Waals surface area contributed by atoms with Crippen molar-refractivity contribution < 1.29 is 76.6 Å². The molecule has 2 aromatic rings. The van der Waals surface area contributed by atoms with Crippen molar-refractivity contribution in [2.45, 2.75) is 45.4 Å². The van der Waals surface area contributed by atoms with E-state index in [9.17, 15) is 0 Å². The van der Waals surface area contributed by atoms with Crippen molar-refractivity contribution in [3.63, 3.8) is 0 Å². The second-order valence-corrected chi connectivity index (χ2v) is 6.03. The number of rotatable bonds is 6. The summed E-state index contributed by atoms with van der Waals surface area (Å²) < 4.78 is 34.1. The van der Waals surface area contributed by atoms with Gasteiger partial charge in [-0.05, 0) is 29.2 Å². The summed E-state index contributed by atoms with van der Waals surface area (Å²) in [5, 5.41) is 2.81. The molecule has 7 heteroatoms. The third-order valence-electron chi connectivity index (χ3n) is 3.43. The van der Waals surface area contributed by atoms with Crippen LogP contribution in [0.5, 0.6) is 0 Å². The maximum atomic E-state index is 8.52. The molecule has 0 unspecified atom stereocenters. The number of fused-ring (bicyclic) bond motifs is 1. The summed E-state index contributed by atoms with van der Waals surface area (Å²) in [5.41, 5.74) is 1.51. The van der Waals surface area contributed by atoms with Gasteiger partial charge in [0.05, 0.1) is 0 Å². The molecule has 24 heavy (non-hydrogen) atoms. The standard InChI is InChI=1S/C17H22.2Na.H2O4S/c1-2-3-4-5-6-10-15-12-9-13-16-11-7-8-14-17(15)16;;;1-5(2,3)4/h7-9,11-14H,2-6,10H2,1H3;;;(H2,1,2,3,4)/q;2*+1;/p-2. The Hall–Kier alpha value is 0.570. The van der Waals surface area contributed by atoms with Gasteiger partial charge in [0.2, 0.25) is 0 Å². The van der Waals surface area contributed by atoms with Crippen LogP contribution in [0.4, 0.5) is 0 Å². The molecule has 0 fully saturated rings. The van der Waals surface area contributed by atoms with E-state index in [0.29, 0.717) is 0 Å². The minimum Gasteiger partial charge on any atom is -0.759 e. The first-order valence-electron chi connectivity index (χ1n) is 7.55. The van der Waals surface area contributed by atoms with Crippen molar-refractivity contribution in [2.75, 3.05) is 0 Å². The molecule has 0 N–H and O–H groups in total. The third-order valence-corrected chi connectivity index (χ3v) is 3.43. The van der Waals surface area contributed by atoms with Gasteiger partial charge in [-0.3, -0.25) is 8.42 Å². The van der Waals surface area contributed by atoms with Gasteiger partial charge < -0.3 is 9.11 Å². The molecule has 0 aliphatic carbocycles. The molecule has 0 atom stereocenters. The third kappa shape index (κ3) is 12.9. The fraction of sp³-hybridized carbons (Fsp3) is 0.412. The van der Waals surface area contributed by atoms with Gasteiger partial charge in [0.15, 0.2) is 0 Å². The van der Waals surface area contributed by atoms with E-state index < -0.39 is 10.4 Å². The topological polar surface area (TPSA) is 80.3 Å². The Morgan fingerprint density at radius 2 is 1.38 bits per heavy atom. The first kappa shape index (κ1) is 26.8. The van der Waals surface area contributed by atoms with Crippen molar-refractivity contribution in [3.8, 4) is 0 Å². The Balaban J connectivity index is 0. The molecule has 0 saturated heterocycles. The van der Waals surface area contributed by atoms with Crippen molar-refractivity contribution in [3.05, 3.63) is 48.0 Å².